The van der Waals surface area contributed by atoms with Gasteiger partial charge in [0.1, 0.15) is 29.0 Å². The largest absolute Gasteiger partial charge is 0.417 e. The smallest absolute Gasteiger partial charge is 0.353 e. The van der Waals surface area contributed by atoms with Gasteiger partial charge >= 0.3 is 6.18 Å². The van der Waals surface area contributed by atoms with Gasteiger partial charge in [-0.1, -0.05) is 18.2 Å². The molecule has 8 nitrogen and oxygen atoms in total. The molecule has 5 aromatic rings. The lowest BCUT2D eigenvalue weighted by molar-refractivity contribution is -0.137. The molecular weight excluding hydrogens is 560 g/mol. The van der Waals surface area contributed by atoms with Crippen LogP contribution in [0.15, 0.2) is 79.1 Å². The van der Waals surface area contributed by atoms with Gasteiger partial charge in [-0.15, -0.1) is 5.10 Å². The minimum absolute atomic E-state index is 0.0468. The van der Waals surface area contributed by atoms with Crippen LogP contribution in [0, 0.1) is 5.82 Å². The molecule has 12 heteroatoms. The maximum atomic E-state index is 14.0. The molecule has 0 radical (unpaired) electrons. The Balaban J connectivity index is 1.10. The molecule has 2 saturated heterocycles. The van der Waals surface area contributed by atoms with E-state index in [2.05, 4.69) is 19.8 Å². The molecule has 4 aromatic heterocycles. The lowest BCUT2D eigenvalue weighted by Gasteiger charge is -2.36. The predicted molar refractivity (Wildman–Crippen MR) is 156 cm³/mol. The van der Waals surface area contributed by atoms with Gasteiger partial charge < -0.3 is 14.7 Å². The Morgan fingerprint density at radius 1 is 0.744 bits per heavy atom. The molecule has 2 aliphatic rings. The number of hydrogen-bond acceptors (Lipinski definition) is 7. The van der Waals surface area contributed by atoms with E-state index in [-0.39, 0.29) is 11.9 Å². The molecule has 0 saturated carbocycles. The van der Waals surface area contributed by atoms with Crippen LogP contribution in [-0.2, 0) is 6.18 Å². The van der Waals surface area contributed by atoms with Crippen molar-refractivity contribution in [3.8, 4) is 11.4 Å². The molecule has 0 unspecified atom stereocenters. The fourth-order valence-electron chi connectivity index (χ4n) is 5.94. The summed E-state index contributed by atoms with van der Waals surface area (Å²) in [5.74, 6) is 1.88. The van der Waals surface area contributed by atoms with Crippen molar-refractivity contribution in [3.05, 3.63) is 96.1 Å². The van der Waals surface area contributed by atoms with E-state index in [0.717, 1.165) is 60.2 Å². The molecule has 6 heterocycles. The van der Waals surface area contributed by atoms with Crippen LogP contribution in [0.2, 0.25) is 0 Å². The first-order valence-electron chi connectivity index (χ1n) is 14.2. The van der Waals surface area contributed by atoms with Crippen molar-refractivity contribution in [1.29, 1.82) is 0 Å². The number of rotatable bonds is 5. The van der Waals surface area contributed by atoms with Gasteiger partial charge in [0.05, 0.1) is 23.5 Å². The third kappa shape index (κ3) is 5.33. The lowest BCUT2D eigenvalue weighted by Crippen LogP contribution is -2.47. The van der Waals surface area contributed by atoms with Crippen molar-refractivity contribution in [2.75, 3.05) is 47.4 Å². The number of halogens is 4. The minimum Gasteiger partial charge on any atom is -0.353 e. The number of alkyl halides is 3. The quantitative estimate of drug-likeness (QED) is 0.233. The minimum atomic E-state index is -4.40. The predicted octanol–water partition coefficient (Wildman–Crippen LogP) is 6.01. The van der Waals surface area contributed by atoms with E-state index >= 15 is 0 Å². The van der Waals surface area contributed by atoms with E-state index in [1.807, 2.05) is 41.3 Å². The van der Waals surface area contributed by atoms with Crippen LogP contribution in [0.4, 0.5) is 35.0 Å². The second-order valence-corrected chi connectivity index (χ2v) is 10.8. The Morgan fingerprint density at radius 3 is 2.26 bits per heavy atom. The van der Waals surface area contributed by atoms with E-state index in [1.165, 1.54) is 12.1 Å². The summed E-state index contributed by atoms with van der Waals surface area (Å²) in [6.45, 7) is 3.32. The van der Waals surface area contributed by atoms with Crippen molar-refractivity contribution >= 4 is 23.1 Å². The average Bonchev–Trinajstić information content (AvgIpc) is 3.68. The van der Waals surface area contributed by atoms with Crippen LogP contribution < -0.4 is 14.7 Å². The zero-order valence-corrected chi connectivity index (χ0v) is 23.1. The highest BCUT2D eigenvalue weighted by atomic mass is 19.4. The third-order valence-corrected chi connectivity index (χ3v) is 8.13. The molecule has 0 bridgehead atoms. The Bertz CT molecular complexity index is 1750. The van der Waals surface area contributed by atoms with Gasteiger partial charge in [-0.25, -0.2) is 23.9 Å². The van der Waals surface area contributed by atoms with Crippen LogP contribution in [-0.4, -0.2) is 57.3 Å². The van der Waals surface area contributed by atoms with Gasteiger partial charge in [-0.05, 0) is 66.9 Å². The molecule has 43 heavy (non-hydrogen) atoms. The summed E-state index contributed by atoms with van der Waals surface area (Å²) in [4.78, 5) is 19.9. The molecule has 1 aromatic carbocycles. The first-order valence-corrected chi connectivity index (χ1v) is 14.2. The summed E-state index contributed by atoms with van der Waals surface area (Å²) in [7, 11) is 0. The molecule has 0 spiro atoms. The molecule has 220 valence electrons. The summed E-state index contributed by atoms with van der Waals surface area (Å²) in [6.07, 6.45) is 0.154. The maximum Gasteiger partial charge on any atom is 0.417 e. The molecule has 2 aliphatic heterocycles. The number of piperazine rings is 1. The number of hydrogen-bond donors (Lipinski definition) is 0. The van der Waals surface area contributed by atoms with E-state index in [4.69, 9.17) is 10.1 Å². The summed E-state index contributed by atoms with van der Waals surface area (Å²) in [5.41, 5.74) is 2.37. The third-order valence-electron chi connectivity index (χ3n) is 8.13. The second kappa shape index (κ2) is 10.8. The molecular formula is C31H28F4N8. The molecule has 2 fully saturated rings. The summed E-state index contributed by atoms with van der Waals surface area (Å²) >= 11 is 0. The highest BCUT2D eigenvalue weighted by Crippen LogP contribution is 2.36. The normalized spacial score (nSPS) is 17.7. The van der Waals surface area contributed by atoms with Crippen LogP contribution in [0.5, 0.6) is 0 Å². The van der Waals surface area contributed by atoms with Gasteiger partial charge in [0, 0.05) is 38.9 Å². The highest BCUT2D eigenvalue weighted by Gasteiger charge is 2.31. The van der Waals surface area contributed by atoms with Crippen LogP contribution in [0.3, 0.4) is 0 Å². The summed E-state index contributed by atoms with van der Waals surface area (Å²) in [5, 5.41) is 4.95. The Hall–Kier alpha value is -4.74. The Kier molecular flexibility index (Phi) is 6.83. The van der Waals surface area contributed by atoms with Crippen molar-refractivity contribution in [2.45, 2.75) is 25.1 Å². The molecule has 7 rings (SSSR count). The number of anilines is 3. The zero-order valence-electron chi connectivity index (χ0n) is 23.1. The number of benzene rings is 1. The number of pyridine rings is 2. The van der Waals surface area contributed by atoms with Crippen molar-refractivity contribution < 1.29 is 17.6 Å². The molecule has 0 amide bonds. The van der Waals surface area contributed by atoms with Gasteiger partial charge in [0.15, 0.2) is 5.65 Å². The summed E-state index contributed by atoms with van der Waals surface area (Å²) < 4.78 is 54.5. The number of fused-ring (bicyclic) bond motifs is 1. The van der Waals surface area contributed by atoms with Crippen molar-refractivity contribution in [3.63, 3.8) is 0 Å². The number of nitrogens with zero attached hydrogens (tertiary/aromatic N) is 8. The fourth-order valence-corrected chi connectivity index (χ4v) is 5.94. The van der Waals surface area contributed by atoms with Crippen LogP contribution in [0.25, 0.3) is 17.0 Å². The van der Waals surface area contributed by atoms with Gasteiger partial charge in [0.25, 0.3) is 0 Å². The average molecular weight is 589 g/mol. The van der Waals surface area contributed by atoms with E-state index in [0.29, 0.717) is 37.6 Å². The first kappa shape index (κ1) is 27.1. The van der Waals surface area contributed by atoms with Gasteiger partial charge in [0.2, 0.25) is 0 Å². The second-order valence-electron chi connectivity index (χ2n) is 10.8. The standard InChI is InChI=1S/C31H28F4N8/c32-23-5-1-4-21(18-23)25-7-3-13-42(25)30-12-11-28-37-20-26(43(28)39-30)24-6-2-8-29(38-24)41-16-14-40(15-17-41)27-10-9-22(19-36-27)31(33,34)35/h1-2,4-6,8-12,18-20,25H,3,7,13-17H2/t25-/m1/s1. The molecule has 0 N–H and O–H groups in total. The lowest BCUT2D eigenvalue weighted by atomic mass is 10.0. The topological polar surface area (TPSA) is 65.7 Å². The van der Waals surface area contributed by atoms with Crippen molar-refractivity contribution in [1.82, 2.24) is 24.6 Å². The molecule has 0 aliphatic carbocycles. The highest BCUT2D eigenvalue weighted by molar-refractivity contribution is 5.63. The van der Waals surface area contributed by atoms with Gasteiger partial charge in [-0.3, -0.25) is 0 Å². The maximum absolute atomic E-state index is 14.0. The zero-order chi connectivity index (χ0) is 29.6. The van der Waals surface area contributed by atoms with E-state index in [9.17, 15) is 17.6 Å². The van der Waals surface area contributed by atoms with Crippen molar-refractivity contribution in [2.24, 2.45) is 0 Å². The van der Waals surface area contributed by atoms with E-state index < -0.39 is 11.7 Å². The van der Waals surface area contributed by atoms with Crippen LogP contribution in [0.1, 0.15) is 30.0 Å². The van der Waals surface area contributed by atoms with Crippen LogP contribution >= 0.6 is 0 Å². The molecule has 1 atom stereocenters. The Labute approximate surface area is 245 Å². The summed E-state index contributed by atoms with van der Waals surface area (Å²) in [6, 6.07) is 19.0. The van der Waals surface area contributed by atoms with E-state index in [1.54, 1.807) is 22.8 Å². The SMILES string of the molecule is Fc1cccc([C@H]2CCCN2c2ccc3ncc(-c4cccc(N5CCN(c6ccc(C(F)(F)F)cn6)CC5)n4)n3n2)c1. The monoisotopic (exact) mass is 588 g/mol. The Morgan fingerprint density at radius 2 is 1.51 bits per heavy atom. The number of imidazole rings is 1. The fraction of sp³-hybridized carbons (Fsp3) is 0.290. The van der Waals surface area contributed by atoms with Gasteiger partial charge in [-0.2, -0.15) is 13.2 Å². The first-order chi connectivity index (χ1) is 20.8. The number of aromatic nitrogens is 5.